The van der Waals surface area contributed by atoms with E-state index in [0.717, 1.165) is 37.2 Å². The second-order valence-electron chi connectivity index (χ2n) is 8.87. The van der Waals surface area contributed by atoms with E-state index in [9.17, 15) is 9.18 Å². The predicted octanol–water partition coefficient (Wildman–Crippen LogP) is 4.54. The minimum Gasteiger partial charge on any atom is -0.310 e. The largest absolute Gasteiger partial charge is 0.310 e. The highest BCUT2D eigenvalue weighted by atomic mass is 35.5. The monoisotopic (exact) mass is 447 g/mol. The first-order chi connectivity index (χ1) is 14.9. The molecule has 2 aliphatic rings. The smallest absolute Gasteiger partial charge is 0.239 e. The molecule has 1 saturated carbocycles. The van der Waals surface area contributed by atoms with Crippen LogP contribution in [0.5, 0.6) is 0 Å². The van der Waals surface area contributed by atoms with E-state index in [1.54, 1.807) is 12.3 Å². The average molecular weight is 448 g/mol. The molecule has 0 bridgehead atoms. The molecule has 2 fully saturated rings. The van der Waals surface area contributed by atoms with Crippen molar-refractivity contribution < 1.29 is 9.18 Å². The molecule has 0 spiro atoms. The molecule has 31 heavy (non-hydrogen) atoms. The molecule has 1 aliphatic carbocycles. The quantitative estimate of drug-likeness (QED) is 0.654. The van der Waals surface area contributed by atoms with Crippen LogP contribution in [-0.2, 0) is 4.79 Å². The molecule has 1 amide bonds. The van der Waals surface area contributed by atoms with Crippen molar-refractivity contribution in [2.75, 3.05) is 18.4 Å². The molecule has 2 N–H and O–H groups in total. The number of aromatic nitrogens is 2. The van der Waals surface area contributed by atoms with Gasteiger partial charge in [0.15, 0.2) is 0 Å². The van der Waals surface area contributed by atoms with Gasteiger partial charge in [-0.15, -0.1) is 0 Å². The van der Waals surface area contributed by atoms with E-state index in [-0.39, 0.29) is 29.6 Å². The van der Waals surface area contributed by atoms with Gasteiger partial charge in [-0.3, -0.25) is 9.69 Å². The SMILES string of the molecule is CC(C)N1CCC(NCC(=O)Nc2ccnn2C2CCCC2)C1c1ccc(Cl)c(F)c1. The van der Waals surface area contributed by atoms with Crippen molar-refractivity contribution >= 4 is 23.3 Å². The number of carbonyl (C=O) groups is 1. The van der Waals surface area contributed by atoms with Crippen LogP contribution in [0.4, 0.5) is 10.2 Å². The first kappa shape index (κ1) is 22.2. The van der Waals surface area contributed by atoms with Crippen molar-refractivity contribution in [3.8, 4) is 0 Å². The number of nitrogens with one attached hydrogen (secondary N) is 2. The average Bonchev–Trinajstić information content (AvgIpc) is 3.48. The molecule has 8 heteroatoms. The Morgan fingerprint density at radius 1 is 1.26 bits per heavy atom. The number of halogens is 2. The second-order valence-corrected chi connectivity index (χ2v) is 9.28. The van der Waals surface area contributed by atoms with Crippen LogP contribution >= 0.6 is 11.6 Å². The van der Waals surface area contributed by atoms with Gasteiger partial charge < -0.3 is 10.6 Å². The highest BCUT2D eigenvalue weighted by molar-refractivity contribution is 6.30. The first-order valence-corrected chi connectivity index (χ1v) is 11.6. The summed E-state index contributed by atoms with van der Waals surface area (Å²) in [6, 6.07) is 7.58. The lowest BCUT2D eigenvalue weighted by molar-refractivity contribution is -0.115. The molecule has 168 valence electrons. The fourth-order valence-electron chi connectivity index (χ4n) is 4.99. The Morgan fingerprint density at radius 3 is 2.74 bits per heavy atom. The van der Waals surface area contributed by atoms with Gasteiger partial charge in [-0.05, 0) is 50.8 Å². The Morgan fingerprint density at radius 2 is 2.03 bits per heavy atom. The van der Waals surface area contributed by atoms with E-state index < -0.39 is 5.82 Å². The number of benzene rings is 1. The summed E-state index contributed by atoms with van der Waals surface area (Å²) in [4.78, 5) is 15.0. The molecule has 1 aliphatic heterocycles. The fraction of sp³-hybridized carbons (Fsp3) is 0.565. The summed E-state index contributed by atoms with van der Waals surface area (Å²) in [6.07, 6.45) is 7.26. The molecule has 2 heterocycles. The van der Waals surface area contributed by atoms with E-state index in [4.69, 9.17) is 11.6 Å². The number of hydrogen-bond donors (Lipinski definition) is 2. The molecule has 1 saturated heterocycles. The maximum atomic E-state index is 14.1. The van der Waals surface area contributed by atoms with E-state index in [1.807, 2.05) is 16.8 Å². The van der Waals surface area contributed by atoms with Crippen molar-refractivity contribution in [2.45, 2.75) is 70.1 Å². The van der Waals surface area contributed by atoms with Crippen molar-refractivity contribution in [3.05, 3.63) is 46.9 Å². The lowest BCUT2D eigenvalue weighted by atomic mass is 9.99. The van der Waals surface area contributed by atoms with Gasteiger partial charge in [0.2, 0.25) is 5.91 Å². The van der Waals surface area contributed by atoms with Gasteiger partial charge in [0.25, 0.3) is 0 Å². The molecule has 0 radical (unpaired) electrons. The molecule has 6 nitrogen and oxygen atoms in total. The van der Waals surface area contributed by atoms with Crippen molar-refractivity contribution in [1.29, 1.82) is 0 Å². The zero-order chi connectivity index (χ0) is 22.0. The summed E-state index contributed by atoms with van der Waals surface area (Å²) < 4.78 is 16.1. The Hall–Kier alpha value is -1.96. The number of likely N-dealkylation sites (tertiary alicyclic amines) is 1. The van der Waals surface area contributed by atoms with Gasteiger partial charge in [0, 0.05) is 24.7 Å². The minimum atomic E-state index is -0.411. The molecule has 1 aromatic carbocycles. The highest BCUT2D eigenvalue weighted by Gasteiger charge is 2.37. The fourth-order valence-corrected chi connectivity index (χ4v) is 5.11. The number of rotatable bonds is 7. The van der Waals surface area contributed by atoms with Gasteiger partial charge in [-0.2, -0.15) is 5.10 Å². The Balaban J connectivity index is 1.41. The summed E-state index contributed by atoms with van der Waals surface area (Å²) in [5, 5.41) is 11.0. The van der Waals surface area contributed by atoms with Crippen LogP contribution < -0.4 is 10.6 Å². The van der Waals surface area contributed by atoms with Gasteiger partial charge in [0.1, 0.15) is 11.6 Å². The first-order valence-electron chi connectivity index (χ1n) is 11.2. The lowest BCUT2D eigenvalue weighted by Crippen LogP contribution is -2.41. The zero-order valence-electron chi connectivity index (χ0n) is 18.2. The highest BCUT2D eigenvalue weighted by Crippen LogP contribution is 2.35. The number of anilines is 1. The van der Waals surface area contributed by atoms with E-state index in [0.29, 0.717) is 12.1 Å². The number of hydrogen-bond acceptors (Lipinski definition) is 4. The third kappa shape index (κ3) is 4.94. The van der Waals surface area contributed by atoms with Gasteiger partial charge in [-0.25, -0.2) is 9.07 Å². The number of amides is 1. The summed E-state index contributed by atoms with van der Waals surface area (Å²) in [7, 11) is 0. The maximum absolute atomic E-state index is 14.1. The number of nitrogens with zero attached hydrogens (tertiary/aromatic N) is 3. The Kier molecular flexibility index (Phi) is 6.94. The van der Waals surface area contributed by atoms with Crippen molar-refractivity contribution in [1.82, 2.24) is 20.0 Å². The van der Waals surface area contributed by atoms with Crippen LogP contribution in [-0.4, -0.2) is 45.8 Å². The summed E-state index contributed by atoms with van der Waals surface area (Å²) >= 11 is 5.89. The topological polar surface area (TPSA) is 62.2 Å². The summed E-state index contributed by atoms with van der Waals surface area (Å²) in [5.41, 5.74) is 0.880. The van der Waals surface area contributed by atoms with Gasteiger partial charge in [0.05, 0.1) is 29.8 Å². The van der Waals surface area contributed by atoms with Crippen LogP contribution in [0.25, 0.3) is 0 Å². The standard InChI is InChI=1S/C23H31ClFN5O/c1-15(2)29-12-10-20(23(29)16-7-8-18(24)19(25)13-16)26-14-22(31)28-21-9-11-27-30(21)17-5-3-4-6-17/h7-9,11,13,15,17,20,23,26H,3-6,10,12,14H2,1-2H3,(H,28,31). The van der Waals surface area contributed by atoms with Gasteiger partial charge in [-0.1, -0.05) is 30.5 Å². The Labute approximate surface area is 188 Å². The third-order valence-electron chi connectivity index (χ3n) is 6.52. The molecule has 2 unspecified atom stereocenters. The van der Waals surface area contributed by atoms with Crippen LogP contribution in [0, 0.1) is 5.82 Å². The molecule has 1 aromatic heterocycles. The Bertz CT molecular complexity index is 911. The van der Waals surface area contributed by atoms with Crippen molar-refractivity contribution in [3.63, 3.8) is 0 Å². The molecular weight excluding hydrogens is 417 g/mol. The lowest BCUT2D eigenvalue weighted by Gasteiger charge is -2.32. The maximum Gasteiger partial charge on any atom is 0.239 e. The summed E-state index contributed by atoms with van der Waals surface area (Å²) in [6.45, 7) is 5.36. The normalized spacial score (nSPS) is 22.5. The zero-order valence-corrected chi connectivity index (χ0v) is 18.9. The summed E-state index contributed by atoms with van der Waals surface area (Å²) in [5.74, 6) is 0.250. The molecule has 4 rings (SSSR count). The van der Waals surface area contributed by atoms with Crippen LogP contribution in [0.2, 0.25) is 5.02 Å². The van der Waals surface area contributed by atoms with Crippen LogP contribution in [0.15, 0.2) is 30.5 Å². The minimum absolute atomic E-state index is 0.0106. The van der Waals surface area contributed by atoms with E-state index in [2.05, 4.69) is 34.5 Å². The van der Waals surface area contributed by atoms with Crippen LogP contribution in [0.3, 0.4) is 0 Å². The molecule has 2 atom stereocenters. The van der Waals surface area contributed by atoms with E-state index in [1.165, 1.54) is 18.9 Å². The second kappa shape index (κ2) is 9.67. The molecule has 2 aromatic rings. The molecular formula is C23H31ClFN5O. The van der Waals surface area contributed by atoms with Crippen LogP contribution in [0.1, 0.15) is 63.6 Å². The predicted molar refractivity (Wildman–Crippen MR) is 121 cm³/mol. The van der Waals surface area contributed by atoms with Gasteiger partial charge >= 0.3 is 0 Å². The van der Waals surface area contributed by atoms with E-state index >= 15 is 0 Å². The number of carbonyl (C=O) groups excluding carboxylic acids is 1. The third-order valence-corrected chi connectivity index (χ3v) is 6.82. The van der Waals surface area contributed by atoms with Crippen molar-refractivity contribution in [2.24, 2.45) is 0 Å².